The zero-order valence-corrected chi connectivity index (χ0v) is 14.6. The van der Waals surface area contributed by atoms with E-state index in [1.54, 1.807) is 6.26 Å². The Morgan fingerprint density at radius 2 is 2.00 bits per heavy atom. The van der Waals surface area contributed by atoms with Crippen LogP contribution in [0.15, 0.2) is 64.1 Å². The van der Waals surface area contributed by atoms with Crippen LogP contribution in [0.2, 0.25) is 0 Å². The van der Waals surface area contributed by atoms with Crippen molar-refractivity contribution in [3.8, 4) is 0 Å². The fourth-order valence-corrected chi connectivity index (χ4v) is 3.44. The molecular weight excluding hydrogens is 318 g/mol. The number of hydrogen-bond donors (Lipinski definition) is 1. The van der Waals surface area contributed by atoms with Crippen LogP contribution in [0.25, 0.3) is 11.0 Å². The largest absolute Gasteiger partial charge is 0.464 e. The van der Waals surface area contributed by atoms with Gasteiger partial charge in [0.1, 0.15) is 5.58 Å². The SMILES string of the molecule is Cc1ccc2c(CC(=O)NCCCSc3ccccc3)coc2c1. The molecule has 0 saturated heterocycles. The van der Waals surface area contributed by atoms with Crippen molar-refractivity contribution in [2.24, 2.45) is 0 Å². The highest BCUT2D eigenvalue weighted by atomic mass is 32.2. The molecule has 1 heterocycles. The molecule has 3 rings (SSSR count). The maximum atomic E-state index is 12.1. The van der Waals surface area contributed by atoms with E-state index in [1.165, 1.54) is 4.90 Å². The summed E-state index contributed by atoms with van der Waals surface area (Å²) in [6.07, 6.45) is 3.01. The van der Waals surface area contributed by atoms with Crippen LogP contribution in [-0.2, 0) is 11.2 Å². The molecule has 0 saturated carbocycles. The fraction of sp³-hybridized carbons (Fsp3) is 0.250. The van der Waals surface area contributed by atoms with Crippen LogP contribution in [0.3, 0.4) is 0 Å². The van der Waals surface area contributed by atoms with Crippen molar-refractivity contribution in [3.63, 3.8) is 0 Å². The third-order valence-corrected chi connectivity index (χ3v) is 4.92. The number of rotatable bonds is 7. The molecule has 0 atom stereocenters. The van der Waals surface area contributed by atoms with Crippen LogP contribution in [0.4, 0.5) is 0 Å². The zero-order valence-electron chi connectivity index (χ0n) is 13.7. The average molecular weight is 339 g/mol. The summed E-state index contributed by atoms with van der Waals surface area (Å²) >= 11 is 1.81. The molecule has 4 heteroatoms. The second-order valence-corrected chi connectivity index (χ2v) is 6.97. The Morgan fingerprint density at radius 1 is 1.17 bits per heavy atom. The standard InChI is InChI=1S/C20H21NO2S/c1-15-8-9-18-16(14-23-19(18)12-15)13-20(22)21-10-5-11-24-17-6-3-2-4-7-17/h2-4,6-9,12,14H,5,10-11,13H2,1H3,(H,21,22). The maximum Gasteiger partial charge on any atom is 0.224 e. The van der Waals surface area contributed by atoms with Crippen LogP contribution in [0, 0.1) is 6.92 Å². The van der Waals surface area contributed by atoms with Gasteiger partial charge < -0.3 is 9.73 Å². The Hall–Kier alpha value is -2.20. The third kappa shape index (κ3) is 4.42. The van der Waals surface area contributed by atoms with Gasteiger partial charge in [-0.2, -0.15) is 0 Å². The smallest absolute Gasteiger partial charge is 0.224 e. The van der Waals surface area contributed by atoms with E-state index in [2.05, 4.69) is 17.4 Å². The Labute approximate surface area is 146 Å². The van der Waals surface area contributed by atoms with Gasteiger partial charge in [-0.15, -0.1) is 11.8 Å². The van der Waals surface area contributed by atoms with Gasteiger partial charge in [-0.05, 0) is 42.9 Å². The molecule has 124 valence electrons. The lowest BCUT2D eigenvalue weighted by atomic mass is 10.1. The van der Waals surface area contributed by atoms with Gasteiger partial charge in [-0.3, -0.25) is 4.79 Å². The molecule has 24 heavy (non-hydrogen) atoms. The molecule has 0 spiro atoms. The van der Waals surface area contributed by atoms with Crippen LogP contribution >= 0.6 is 11.8 Å². The summed E-state index contributed by atoms with van der Waals surface area (Å²) in [7, 11) is 0. The first kappa shape index (κ1) is 16.7. The number of thioether (sulfide) groups is 1. The molecule has 0 aliphatic heterocycles. The van der Waals surface area contributed by atoms with E-state index in [-0.39, 0.29) is 5.91 Å². The van der Waals surface area contributed by atoms with E-state index >= 15 is 0 Å². The lowest BCUT2D eigenvalue weighted by Crippen LogP contribution is -2.26. The zero-order chi connectivity index (χ0) is 16.8. The number of benzene rings is 2. The monoisotopic (exact) mass is 339 g/mol. The summed E-state index contributed by atoms with van der Waals surface area (Å²) < 4.78 is 5.54. The molecule has 0 fully saturated rings. The second kappa shape index (κ2) is 8.06. The molecule has 0 unspecified atom stereocenters. The van der Waals surface area contributed by atoms with E-state index in [1.807, 2.05) is 55.1 Å². The van der Waals surface area contributed by atoms with Crippen LogP contribution in [-0.4, -0.2) is 18.2 Å². The minimum Gasteiger partial charge on any atom is -0.464 e. The molecule has 1 amide bonds. The summed E-state index contributed by atoms with van der Waals surface area (Å²) in [5.41, 5.74) is 2.95. The van der Waals surface area contributed by atoms with Crippen molar-refractivity contribution < 1.29 is 9.21 Å². The minimum absolute atomic E-state index is 0.0444. The van der Waals surface area contributed by atoms with Crippen LogP contribution in [0.5, 0.6) is 0 Å². The Kier molecular flexibility index (Phi) is 5.59. The predicted molar refractivity (Wildman–Crippen MR) is 99.4 cm³/mol. The second-order valence-electron chi connectivity index (χ2n) is 5.80. The molecule has 0 bridgehead atoms. The van der Waals surface area contributed by atoms with E-state index in [0.717, 1.165) is 34.3 Å². The van der Waals surface area contributed by atoms with E-state index in [4.69, 9.17) is 4.42 Å². The molecule has 0 radical (unpaired) electrons. The van der Waals surface area contributed by atoms with E-state index in [9.17, 15) is 4.79 Å². The van der Waals surface area contributed by atoms with Crippen molar-refractivity contribution >= 4 is 28.6 Å². The van der Waals surface area contributed by atoms with Gasteiger partial charge in [-0.25, -0.2) is 0 Å². The molecule has 1 N–H and O–H groups in total. The number of fused-ring (bicyclic) bond motifs is 1. The Bertz CT molecular complexity index is 811. The van der Waals surface area contributed by atoms with Gasteiger partial charge in [0.25, 0.3) is 0 Å². The summed E-state index contributed by atoms with van der Waals surface area (Å²) in [4.78, 5) is 13.4. The summed E-state index contributed by atoms with van der Waals surface area (Å²) in [6, 6.07) is 16.4. The maximum absolute atomic E-state index is 12.1. The third-order valence-electron chi connectivity index (χ3n) is 3.82. The van der Waals surface area contributed by atoms with Crippen molar-refractivity contribution in [1.29, 1.82) is 0 Å². The van der Waals surface area contributed by atoms with Gasteiger partial charge in [0.15, 0.2) is 0 Å². The van der Waals surface area contributed by atoms with Crippen molar-refractivity contribution in [3.05, 3.63) is 65.9 Å². The first-order valence-electron chi connectivity index (χ1n) is 8.13. The highest BCUT2D eigenvalue weighted by Gasteiger charge is 2.10. The molecule has 3 nitrogen and oxygen atoms in total. The normalized spacial score (nSPS) is 10.9. The topological polar surface area (TPSA) is 42.2 Å². The van der Waals surface area contributed by atoms with Crippen LogP contribution in [0.1, 0.15) is 17.5 Å². The van der Waals surface area contributed by atoms with Crippen molar-refractivity contribution in [2.45, 2.75) is 24.7 Å². The predicted octanol–water partition coefficient (Wildman–Crippen LogP) is 4.58. The highest BCUT2D eigenvalue weighted by Crippen LogP contribution is 2.22. The summed E-state index contributed by atoms with van der Waals surface area (Å²) in [5.74, 6) is 1.04. The molecule has 2 aromatic carbocycles. The highest BCUT2D eigenvalue weighted by molar-refractivity contribution is 7.99. The van der Waals surface area contributed by atoms with Gasteiger partial charge in [0.2, 0.25) is 5.91 Å². The van der Waals surface area contributed by atoms with Gasteiger partial charge in [0.05, 0.1) is 12.7 Å². The molecular formula is C20H21NO2S. The number of furan rings is 1. The number of nitrogens with one attached hydrogen (secondary N) is 1. The molecule has 3 aromatic rings. The Balaban J connectivity index is 1.42. The van der Waals surface area contributed by atoms with Crippen molar-refractivity contribution in [2.75, 3.05) is 12.3 Å². The minimum atomic E-state index is 0.0444. The number of aryl methyl sites for hydroxylation is 1. The van der Waals surface area contributed by atoms with Crippen molar-refractivity contribution in [1.82, 2.24) is 5.32 Å². The number of amides is 1. The van der Waals surface area contributed by atoms with E-state index in [0.29, 0.717) is 13.0 Å². The number of carbonyl (C=O) groups excluding carboxylic acids is 1. The van der Waals surface area contributed by atoms with Gasteiger partial charge in [-0.1, -0.05) is 30.3 Å². The average Bonchev–Trinajstić information content (AvgIpc) is 2.97. The van der Waals surface area contributed by atoms with Gasteiger partial charge >= 0.3 is 0 Å². The summed E-state index contributed by atoms with van der Waals surface area (Å²) in [6.45, 7) is 2.73. The molecule has 0 aliphatic carbocycles. The molecule has 0 aliphatic rings. The Morgan fingerprint density at radius 3 is 2.83 bits per heavy atom. The lowest BCUT2D eigenvalue weighted by molar-refractivity contribution is -0.120. The molecule has 1 aromatic heterocycles. The van der Waals surface area contributed by atoms with Gasteiger partial charge in [0, 0.05) is 22.4 Å². The fourth-order valence-electron chi connectivity index (χ4n) is 2.57. The van der Waals surface area contributed by atoms with Crippen LogP contribution < -0.4 is 5.32 Å². The first-order valence-corrected chi connectivity index (χ1v) is 9.12. The summed E-state index contributed by atoms with van der Waals surface area (Å²) in [5, 5.41) is 4.01. The lowest BCUT2D eigenvalue weighted by Gasteiger charge is -2.05. The number of hydrogen-bond acceptors (Lipinski definition) is 3. The quantitative estimate of drug-likeness (QED) is 0.506. The first-order chi connectivity index (χ1) is 11.7. The van der Waals surface area contributed by atoms with E-state index < -0.39 is 0 Å². The number of carbonyl (C=O) groups is 1.